The molecule has 5 heteroatoms. The van der Waals surface area contributed by atoms with Gasteiger partial charge in [0, 0.05) is 13.1 Å². The minimum absolute atomic E-state index is 0.00792. The van der Waals surface area contributed by atoms with E-state index in [1.807, 2.05) is 13.8 Å². The summed E-state index contributed by atoms with van der Waals surface area (Å²) in [6, 6.07) is 0. The maximum atomic E-state index is 11.7. The van der Waals surface area contributed by atoms with Crippen LogP contribution >= 0.6 is 0 Å². The first kappa shape index (κ1) is 12.3. The molecule has 0 saturated heterocycles. The Bertz CT molecular complexity index is 149. The summed E-state index contributed by atoms with van der Waals surface area (Å²) in [6.07, 6.45) is -2.40. The van der Waals surface area contributed by atoms with Gasteiger partial charge in [-0.3, -0.25) is 4.79 Å². The normalized spacial score (nSPS) is 10.5. The van der Waals surface area contributed by atoms with E-state index < -0.39 is 13.0 Å². The predicted octanol–water partition coefficient (Wildman–Crippen LogP) is 0.709. The van der Waals surface area contributed by atoms with Gasteiger partial charge in [-0.2, -0.15) is 0 Å². The molecule has 1 N–H and O–H groups in total. The van der Waals surface area contributed by atoms with Gasteiger partial charge in [-0.1, -0.05) is 0 Å². The number of hydrogen-bond donors (Lipinski definition) is 1. The van der Waals surface area contributed by atoms with Crippen molar-refractivity contribution in [2.24, 2.45) is 0 Å². The molecule has 0 rings (SSSR count). The third kappa shape index (κ3) is 5.52. The van der Waals surface area contributed by atoms with Crippen LogP contribution in [0.15, 0.2) is 0 Å². The number of nitrogens with zero attached hydrogens (tertiary/aromatic N) is 1. The SMILES string of the molecule is CCN(CC)C(=O)CNCC(F)F. The number of hydrogen-bond acceptors (Lipinski definition) is 2. The zero-order valence-corrected chi connectivity index (χ0v) is 8.02. The Hall–Kier alpha value is -0.710. The van der Waals surface area contributed by atoms with Crippen LogP contribution < -0.4 is 5.32 Å². The van der Waals surface area contributed by atoms with Gasteiger partial charge < -0.3 is 10.2 Å². The lowest BCUT2D eigenvalue weighted by Gasteiger charge is -2.18. The Morgan fingerprint density at radius 1 is 1.38 bits per heavy atom. The van der Waals surface area contributed by atoms with Crippen LogP contribution in [0.4, 0.5) is 8.78 Å². The topological polar surface area (TPSA) is 32.3 Å². The van der Waals surface area contributed by atoms with Gasteiger partial charge in [0.25, 0.3) is 6.43 Å². The van der Waals surface area contributed by atoms with Gasteiger partial charge in [0.1, 0.15) is 0 Å². The van der Waals surface area contributed by atoms with Gasteiger partial charge in [-0.05, 0) is 13.8 Å². The Morgan fingerprint density at radius 3 is 2.31 bits per heavy atom. The van der Waals surface area contributed by atoms with Gasteiger partial charge in [-0.15, -0.1) is 0 Å². The largest absolute Gasteiger partial charge is 0.342 e. The summed E-state index contributed by atoms with van der Waals surface area (Å²) in [4.78, 5) is 12.8. The summed E-state index contributed by atoms with van der Waals surface area (Å²) >= 11 is 0. The van der Waals surface area contributed by atoms with Crippen LogP contribution in [0.5, 0.6) is 0 Å². The predicted molar refractivity (Wildman–Crippen MR) is 46.8 cm³/mol. The van der Waals surface area contributed by atoms with Crippen LogP contribution in [0.25, 0.3) is 0 Å². The number of amides is 1. The average molecular weight is 194 g/mol. The second kappa shape index (κ2) is 6.77. The monoisotopic (exact) mass is 194 g/mol. The molecule has 0 aromatic heterocycles. The second-order valence-corrected chi connectivity index (χ2v) is 2.59. The first-order valence-corrected chi connectivity index (χ1v) is 4.38. The van der Waals surface area contributed by atoms with E-state index in [-0.39, 0.29) is 12.5 Å². The van der Waals surface area contributed by atoms with Crippen LogP contribution in [0.3, 0.4) is 0 Å². The molecule has 0 aliphatic heterocycles. The maximum absolute atomic E-state index is 11.7. The van der Waals surface area contributed by atoms with Crippen LogP contribution in [0.1, 0.15) is 13.8 Å². The van der Waals surface area contributed by atoms with Crippen molar-refractivity contribution in [1.29, 1.82) is 0 Å². The number of rotatable bonds is 6. The van der Waals surface area contributed by atoms with Crippen molar-refractivity contribution in [2.75, 3.05) is 26.2 Å². The number of likely N-dealkylation sites (N-methyl/N-ethyl adjacent to an activating group) is 1. The molecule has 0 bridgehead atoms. The number of nitrogens with one attached hydrogen (secondary N) is 1. The highest BCUT2D eigenvalue weighted by atomic mass is 19.3. The molecular weight excluding hydrogens is 178 g/mol. The molecule has 13 heavy (non-hydrogen) atoms. The van der Waals surface area contributed by atoms with Crippen LogP contribution in [0.2, 0.25) is 0 Å². The molecule has 0 saturated carbocycles. The summed E-state index contributed by atoms with van der Waals surface area (Å²) in [6.45, 7) is 4.51. The Labute approximate surface area is 77.1 Å². The minimum atomic E-state index is -2.40. The van der Waals surface area contributed by atoms with Crippen LogP contribution in [-0.2, 0) is 4.79 Å². The molecule has 78 valence electrons. The molecule has 0 spiro atoms. The van der Waals surface area contributed by atoms with Crippen LogP contribution in [0, 0.1) is 0 Å². The molecular formula is C8H16F2N2O. The van der Waals surface area contributed by atoms with Gasteiger partial charge in [0.2, 0.25) is 5.91 Å². The summed E-state index contributed by atoms with van der Waals surface area (Å²) in [7, 11) is 0. The highest BCUT2D eigenvalue weighted by molar-refractivity contribution is 5.78. The molecule has 0 heterocycles. The molecule has 3 nitrogen and oxygen atoms in total. The fourth-order valence-corrected chi connectivity index (χ4v) is 0.976. The summed E-state index contributed by atoms with van der Waals surface area (Å²) in [5.74, 6) is -0.134. The third-order valence-electron chi connectivity index (χ3n) is 1.69. The van der Waals surface area contributed by atoms with Crippen molar-refractivity contribution in [3.63, 3.8) is 0 Å². The molecule has 0 radical (unpaired) electrons. The fourth-order valence-electron chi connectivity index (χ4n) is 0.976. The molecule has 0 aromatic rings. The quantitative estimate of drug-likeness (QED) is 0.675. The zero-order chi connectivity index (χ0) is 10.3. The minimum Gasteiger partial charge on any atom is -0.342 e. The van der Waals surface area contributed by atoms with E-state index in [9.17, 15) is 13.6 Å². The average Bonchev–Trinajstić information content (AvgIpc) is 2.05. The molecule has 0 fully saturated rings. The Morgan fingerprint density at radius 2 is 1.92 bits per heavy atom. The standard InChI is InChI=1S/C8H16F2N2O/c1-3-12(4-2)8(13)6-11-5-7(9)10/h7,11H,3-6H2,1-2H3. The molecule has 0 atom stereocenters. The maximum Gasteiger partial charge on any atom is 0.250 e. The van der Waals surface area contributed by atoms with Crippen molar-refractivity contribution < 1.29 is 13.6 Å². The molecule has 0 aromatic carbocycles. The molecule has 0 unspecified atom stereocenters. The lowest BCUT2D eigenvalue weighted by atomic mass is 10.4. The molecule has 0 aliphatic rings. The first-order chi connectivity index (χ1) is 6.11. The fraction of sp³-hybridized carbons (Fsp3) is 0.875. The van der Waals surface area contributed by atoms with Gasteiger partial charge in [-0.25, -0.2) is 8.78 Å². The number of halogens is 2. The molecule has 0 aliphatic carbocycles. The number of alkyl halides is 2. The van der Waals surface area contributed by atoms with Crippen molar-refractivity contribution in [1.82, 2.24) is 10.2 Å². The Balaban J connectivity index is 3.60. The van der Waals surface area contributed by atoms with E-state index >= 15 is 0 Å². The second-order valence-electron chi connectivity index (χ2n) is 2.59. The highest BCUT2D eigenvalue weighted by Gasteiger charge is 2.09. The van der Waals surface area contributed by atoms with Crippen molar-refractivity contribution in [2.45, 2.75) is 20.3 Å². The van der Waals surface area contributed by atoms with E-state index in [1.54, 1.807) is 4.90 Å². The van der Waals surface area contributed by atoms with Gasteiger partial charge in [0.15, 0.2) is 0 Å². The first-order valence-electron chi connectivity index (χ1n) is 4.38. The lowest BCUT2D eigenvalue weighted by molar-refractivity contribution is -0.129. The smallest absolute Gasteiger partial charge is 0.250 e. The number of carbonyl (C=O) groups excluding carboxylic acids is 1. The third-order valence-corrected chi connectivity index (χ3v) is 1.69. The van der Waals surface area contributed by atoms with E-state index in [0.29, 0.717) is 13.1 Å². The number of carbonyl (C=O) groups is 1. The summed E-state index contributed by atoms with van der Waals surface area (Å²) < 4.78 is 23.3. The highest BCUT2D eigenvalue weighted by Crippen LogP contribution is 1.90. The summed E-state index contributed by atoms with van der Waals surface area (Å²) in [5.41, 5.74) is 0. The van der Waals surface area contributed by atoms with Crippen LogP contribution in [-0.4, -0.2) is 43.4 Å². The van der Waals surface area contributed by atoms with E-state index in [0.717, 1.165) is 0 Å². The van der Waals surface area contributed by atoms with E-state index in [4.69, 9.17) is 0 Å². The van der Waals surface area contributed by atoms with Crippen molar-refractivity contribution >= 4 is 5.91 Å². The van der Waals surface area contributed by atoms with Crippen molar-refractivity contribution in [3.8, 4) is 0 Å². The zero-order valence-electron chi connectivity index (χ0n) is 8.02. The van der Waals surface area contributed by atoms with E-state index in [2.05, 4.69) is 5.32 Å². The van der Waals surface area contributed by atoms with Crippen molar-refractivity contribution in [3.05, 3.63) is 0 Å². The lowest BCUT2D eigenvalue weighted by Crippen LogP contribution is -2.39. The Kier molecular flexibility index (Phi) is 6.40. The molecule has 1 amide bonds. The van der Waals surface area contributed by atoms with Gasteiger partial charge >= 0.3 is 0 Å². The van der Waals surface area contributed by atoms with Gasteiger partial charge in [0.05, 0.1) is 13.1 Å². The van der Waals surface area contributed by atoms with E-state index in [1.165, 1.54) is 0 Å². The summed E-state index contributed by atoms with van der Waals surface area (Å²) in [5, 5.41) is 2.39.